The summed E-state index contributed by atoms with van der Waals surface area (Å²) in [5.74, 6) is 0.177. The summed E-state index contributed by atoms with van der Waals surface area (Å²) < 4.78 is 41.4. The van der Waals surface area contributed by atoms with Crippen molar-refractivity contribution < 1.29 is 27.4 Å². The van der Waals surface area contributed by atoms with E-state index in [2.05, 4.69) is 0 Å². The van der Waals surface area contributed by atoms with Gasteiger partial charge in [-0.2, -0.15) is 0 Å². The number of nitrogens with zero attached hydrogens (tertiary/aromatic N) is 1. The van der Waals surface area contributed by atoms with Crippen LogP contribution in [0.4, 0.5) is 0 Å². The molecule has 0 N–H and O–H groups in total. The van der Waals surface area contributed by atoms with E-state index in [1.807, 2.05) is 0 Å². The summed E-state index contributed by atoms with van der Waals surface area (Å²) in [4.78, 5) is 12.2. The van der Waals surface area contributed by atoms with Crippen LogP contribution in [0.2, 0.25) is 0 Å². The second kappa shape index (κ2) is 8.20. The van der Waals surface area contributed by atoms with E-state index in [9.17, 15) is 13.2 Å². The third kappa shape index (κ3) is 4.33. The lowest BCUT2D eigenvalue weighted by atomic mass is 10.2. The van der Waals surface area contributed by atoms with Crippen LogP contribution >= 0.6 is 0 Å². The van der Waals surface area contributed by atoms with Crippen molar-refractivity contribution in [3.05, 3.63) is 53.6 Å². The van der Waals surface area contributed by atoms with Gasteiger partial charge in [-0.05, 0) is 35.9 Å². The quantitative estimate of drug-likeness (QED) is 0.687. The average molecular weight is 379 g/mol. The summed E-state index contributed by atoms with van der Waals surface area (Å²) >= 11 is 0. The maximum absolute atomic E-state index is 12.4. The molecule has 2 aromatic rings. The van der Waals surface area contributed by atoms with Gasteiger partial charge in [-0.25, -0.2) is 17.5 Å². The largest absolute Gasteiger partial charge is 0.497 e. The van der Waals surface area contributed by atoms with Gasteiger partial charge in [-0.1, -0.05) is 12.1 Å². The fourth-order valence-corrected chi connectivity index (χ4v) is 3.27. The van der Waals surface area contributed by atoms with Crippen molar-refractivity contribution in [1.29, 1.82) is 0 Å². The Morgan fingerprint density at radius 2 is 1.77 bits per heavy atom. The number of benzene rings is 2. The first kappa shape index (κ1) is 19.7. The van der Waals surface area contributed by atoms with Crippen molar-refractivity contribution in [2.45, 2.75) is 11.5 Å². The Morgan fingerprint density at radius 3 is 2.38 bits per heavy atom. The molecule has 2 aromatic carbocycles. The molecule has 8 heteroatoms. The molecule has 0 radical (unpaired) electrons. The van der Waals surface area contributed by atoms with E-state index < -0.39 is 16.0 Å². The number of carbonyl (C=O) groups is 1. The van der Waals surface area contributed by atoms with Crippen LogP contribution in [-0.2, 0) is 21.4 Å². The Bertz CT molecular complexity index is 892. The Labute approximate surface area is 153 Å². The van der Waals surface area contributed by atoms with Crippen LogP contribution in [0.5, 0.6) is 11.5 Å². The van der Waals surface area contributed by atoms with E-state index in [1.165, 1.54) is 39.4 Å². The molecule has 0 atom stereocenters. The molecule has 0 fully saturated rings. The fourth-order valence-electron chi connectivity index (χ4n) is 2.20. The van der Waals surface area contributed by atoms with E-state index in [0.717, 1.165) is 9.87 Å². The second-order valence-electron chi connectivity index (χ2n) is 5.58. The zero-order chi connectivity index (χ0) is 19.3. The molecule has 0 amide bonds. The van der Waals surface area contributed by atoms with E-state index in [-0.39, 0.29) is 22.8 Å². The van der Waals surface area contributed by atoms with Gasteiger partial charge in [0.05, 0.1) is 19.8 Å². The topological polar surface area (TPSA) is 82.1 Å². The molecule has 0 unspecified atom stereocenters. The van der Waals surface area contributed by atoms with Gasteiger partial charge < -0.3 is 14.2 Å². The minimum absolute atomic E-state index is 0.0395. The Morgan fingerprint density at radius 1 is 1.04 bits per heavy atom. The highest BCUT2D eigenvalue weighted by Crippen LogP contribution is 2.27. The van der Waals surface area contributed by atoms with E-state index in [0.29, 0.717) is 5.75 Å². The highest BCUT2D eigenvalue weighted by Gasteiger charge is 2.24. The number of sulfonamides is 1. The highest BCUT2D eigenvalue weighted by molar-refractivity contribution is 7.89. The molecule has 0 aliphatic heterocycles. The summed E-state index contributed by atoms with van der Waals surface area (Å²) in [6, 6.07) is 11.3. The molecule has 0 saturated heterocycles. The van der Waals surface area contributed by atoms with Crippen LogP contribution in [0.3, 0.4) is 0 Å². The maximum Gasteiger partial charge on any atom is 0.338 e. The maximum atomic E-state index is 12.4. The van der Waals surface area contributed by atoms with Gasteiger partial charge in [0.2, 0.25) is 10.0 Å². The monoisotopic (exact) mass is 379 g/mol. The number of ether oxygens (including phenoxy) is 3. The zero-order valence-corrected chi connectivity index (χ0v) is 15.9. The molecular weight excluding hydrogens is 358 g/mol. The van der Waals surface area contributed by atoms with Gasteiger partial charge in [-0.3, -0.25) is 0 Å². The van der Waals surface area contributed by atoms with Crippen LogP contribution in [0.1, 0.15) is 15.9 Å². The minimum atomic E-state index is -3.77. The van der Waals surface area contributed by atoms with Crippen LogP contribution in [0.25, 0.3) is 0 Å². The molecule has 2 rings (SSSR count). The van der Waals surface area contributed by atoms with Gasteiger partial charge in [0.1, 0.15) is 23.0 Å². The lowest BCUT2D eigenvalue weighted by molar-refractivity contribution is 0.0472. The van der Waals surface area contributed by atoms with Gasteiger partial charge in [0.25, 0.3) is 0 Å². The highest BCUT2D eigenvalue weighted by atomic mass is 32.2. The molecular formula is C18H21NO6S. The molecule has 7 nitrogen and oxygen atoms in total. The smallest absolute Gasteiger partial charge is 0.338 e. The van der Waals surface area contributed by atoms with E-state index in [1.54, 1.807) is 31.4 Å². The number of carbonyl (C=O) groups excluding carboxylic acids is 1. The van der Waals surface area contributed by atoms with Crippen molar-refractivity contribution in [2.24, 2.45) is 0 Å². The van der Waals surface area contributed by atoms with Gasteiger partial charge in [-0.15, -0.1) is 0 Å². The molecule has 140 valence electrons. The summed E-state index contributed by atoms with van der Waals surface area (Å²) in [6.07, 6.45) is 0. The molecule has 0 heterocycles. The first-order chi connectivity index (χ1) is 12.3. The van der Waals surface area contributed by atoms with Crippen LogP contribution in [0, 0.1) is 0 Å². The third-order valence-corrected chi connectivity index (χ3v) is 5.50. The molecule has 0 aliphatic rings. The van der Waals surface area contributed by atoms with Gasteiger partial charge in [0.15, 0.2) is 0 Å². The van der Waals surface area contributed by atoms with Crippen molar-refractivity contribution in [3.63, 3.8) is 0 Å². The number of hydrogen-bond acceptors (Lipinski definition) is 6. The van der Waals surface area contributed by atoms with Crippen LogP contribution in [0.15, 0.2) is 47.4 Å². The van der Waals surface area contributed by atoms with Crippen molar-refractivity contribution in [1.82, 2.24) is 4.31 Å². The second-order valence-corrected chi connectivity index (χ2v) is 7.70. The van der Waals surface area contributed by atoms with E-state index >= 15 is 0 Å². The normalized spacial score (nSPS) is 11.3. The Balaban J connectivity index is 2.24. The lowest BCUT2D eigenvalue weighted by Gasteiger charge is -2.15. The van der Waals surface area contributed by atoms with Gasteiger partial charge in [0, 0.05) is 14.1 Å². The van der Waals surface area contributed by atoms with E-state index in [4.69, 9.17) is 14.2 Å². The first-order valence-electron chi connectivity index (χ1n) is 7.70. The number of methoxy groups -OCH3 is 2. The summed E-state index contributed by atoms with van der Waals surface area (Å²) in [7, 11) is 1.96. The predicted octanol–water partition coefficient (Wildman–Crippen LogP) is 2.31. The van der Waals surface area contributed by atoms with Crippen molar-refractivity contribution in [2.75, 3.05) is 28.3 Å². The molecule has 26 heavy (non-hydrogen) atoms. The molecule has 0 bridgehead atoms. The third-order valence-electron chi connectivity index (χ3n) is 3.66. The van der Waals surface area contributed by atoms with Crippen LogP contribution in [-0.4, -0.2) is 47.0 Å². The molecule has 0 spiro atoms. The predicted molar refractivity (Wildman–Crippen MR) is 96.0 cm³/mol. The summed E-state index contributed by atoms with van der Waals surface area (Å²) in [6.45, 7) is 0.0395. The molecule has 0 saturated carbocycles. The average Bonchev–Trinajstić information content (AvgIpc) is 2.65. The summed E-state index contributed by atoms with van der Waals surface area (Å²) in [5.41, 5.74) is 0.876. The number of rotatable bonds is 7. The Hall–Kier alpha value is -2.58. The summed E-state index contributed by atoms with van der Waals surface area (Å²) in [5, 5.41) is 0. The number of hydrogen-bond donors (Lipinski definition) is 0. The van der Waals surface area contributed by atoms with Crippen LogP contribution < -0.4 is 9.47 Å². The molecule has 0 aliphatic carbocycles. The fraction of sp³-hybridized carbons (Fsp3) is 0.278. The lowest BCUT2D eigenvalue weighted by Crippen LogP contribution is -2.23. The minimum Gasteiger partial charge on any atom is -0.497 e. The van der Waals surface area contributed by atoms with Gasteiger partial charge >= 0.3 is 5.97 Å². The number of esters is 1. The van der Waals surface area contributed by atoms with Crippen molar-refractivity contribution >= 4 is 16.0 Å². The van der Waals surface area contributed by atoms with Crippen molar-refractivity contribution in [3.8, 4) is 11.5 Å². The molecule has 0 aromatic heterocycles. The standard InChI is InChI=1S/C18H21NO6S/c1-19(2)26(21,22)17-11-14(8-9-16(17)24-4)18(20)25-12-13-6-5-7-15(10-13)23-3/h5-11H,12H2,1-4H3. The Kier molecular flexibility index (Phi) is 6.23. The SMILES string of the molecule is COc1cccc(COC(=O)c2ccc(OC)c(S(=O)(=O)N(C)C)c2)c1. The zero-order valence-electron chi connectivity index (χ0n) is 15.1. The first-order valence-corrected chi connectivity index (χ1v) is 9.14.